The number of amides is 1. The summed E-state index contributed by atoms with van der Waals surface area (Å²) in [6.07, 6.45) is 1.49. The molecule has 5 heteroatoms. The second-order valence-corrected chi connectivity index (χ2v) is 4.91. The van der Waals surface area contributed by atoms with Gasteiger partial charge < -0.3 is 10.1 Å². The van der Waals surface area contributed by atoms with Crippen LogP contribution in [0.25, 0.3) is 0 Å². The summed E-state index contributed by atoms with van der Waals surface area (Å²) in [7, 11) is 0. The Bertz CT molecular complexity index is 431. The fraction of sp³-hybridized carbons (Fsp3) is 0.538. The van der Waals surface area contributed by atoms with E-state index >= 15 is 0 Å². The smallest absolute Gasteiger partial charge is 0.270 e. The molecule has 0 saturated carbocycles. The molecule has 1 N–H and O–H groups in total. The van der Waals surface area contributed by atoms with E-state index in [1.54, 1.807) is 6.07 Å². The minimum atomic E-state index is -0.359. The van der Waals surface area contributed by atoms with E-state index in [-0.39, 0.29) is 11.4 Å². The van der Waals surface area contributed by atoms with Gasteiger partial charge in [0.1, 0.15) is 5.69 Å². The maximum absolute atomic E-state index is 12.2. The van der Waals surface area contributed by atoms with Crippen LogP contribution in [-0.2, 0) is 4.74 Å². The molecular formula is C13H17ClN2O2. The third-order valence-electron chi connectivity index (χ3n) is 3.21. The van der Waals surface area contributed by atoms with Gasteiger partial charge in [0.15, 0.2) is 0 Å². The van der Waals surface area contributed by atoms with Crippen molar-refractivity contribution in [3.05, 3.63) is 29.6 Å². The molecule has 0 bridgehead atoms. The van der Waals surface area contributed by atoms with Crippen LogP contribution in [0.15, 0.2) is 18.2 Å². The fourth-order valence-corrected chi connectivity index (χ4v) is 2.36. The van der Waals surface area contributed by atoms with Crippen molar-refractivity contribution >= 4 is 17.5 Å². The van der Waals surface area contributed by atoms with Crippen molar-refractivity contribution in [1.29, 1.82) is 0 Å². The van der Waals surface area contributed by atoms with Crippen molar-refractivity contribution in [3.63, 3.8) is 0 Å². The average molecular weight is 269 g/mol. The van der Waals surface area contributed by atoms with Crippen LogP contribution in [0.3, 0.4) is 0 Å². The first-order valence-corrected chi connectivity index (χ1v) is 6.59. The molecule has 0 atom stereocenters. The Morgan fingerprint density at radius 1 is 1.50 bits per heavy atom. The molecule has 1 fully saturated rings. The molecule has 1 aromatic heterocycles. The van der Waals surface area contributed by atoms with Gasteiger partial charge in [0.05, 0.1) is 5.54 Å². The average Bonchev–Trinajstić information content (AvgIpc) is 2.40. The zero-order valence-electron chi connectivity index (χ0n) is 10.4. The normalized spacial score (nSPS) is 18.3. The number of hydrogen-bond donors (Lipinski definition) is 1. The van der Waals surface area contributed by atoms with E-state index in [1.807, 2.05) is 19.1 Å². The fourth-order valence-electron chi connectivity index (χ4n) is 2.03. The topological polar surface area (TPSA) is 51.2 Å². The lowest BCUT2D eigenvalue weighted by atomic mass is 9.92. The van der Waals surface area contributed by atoms with E-state index in [4.69, 9.17) is 16.3 Å². The highest BCUT2D eigenvalue weighted by atomic mass is 35.5. The van der Waals surface area contributed by atoms with E-state index in [9.17, 15) is 4.79 Å². The van der Waals surface area contributed by atoms with Crippen LogP contribution < -0.4 is 5.32 Å². The van der Waals surface area contributed by atoms with Crippen molar-refractivity contribution < 1.29 is 9.53 Å². The number of aromatic nitrogens is 1. The van der Waals surface area contributed by atoms with Crippen LogP contribution in [0.4, 0.5) is 0 Å². The number of hydrogen-bond acceptors (Lipinski definition) is 3. The molecular weight excluding hydrogens is 252 g/mol. The lowest BCUT2D eigenvalue weighted by Gasteiger charge is -2.36. The number of alkyl halides is 1. The molecule has 18 heavy (non-hydrogen) atoms. The van der Waals surface area contributed by atoms with Crippen molar-refractivity contribution in [2.24, 2.45) is 0 Å². The third-order valence-corrected chi connectivity index (χ3v) is 3.72. The van der Waals surface area contributed by atoms with Gasteiger partial charge >= 0.3 is 0 Å². The zero-order valence-corrected chi connectivity index (χ0v) is 11.2. The summed E-state index contributed by atoms with van der Waals surface area (Å²) in [5.41, 5.74) is 0.906. The molecule has 98 valence electrons. The lowest BCUT2D eigenvalue weighted by Crippen LogP contribution is -2.53. The molecule has 0 unspecified atom stereocenters. The highest BCUT2D eigenvalue weighted by Gasteiger charge is 2.33. The van der Waals surface area contributed by atoms with Crippen LogP contribution in [0.2, 0.25) is 0 Å². The van der Waals surface area contributed by atoms with E-state index in [1.165, 1.54) is 0 Å². The Labute approximate surface area is 112 Å². The summed E-state index contributed by atoms with van der Waals surface area (Å²) in [5.74, 6) is 0.231. The zero-order chi connectivity index (χ0) is 13.0. The molecule has 1 amide bonds. The molecule has 4 nitrogen and oxygen atoms in total. The van der Waals surface area contributed by atoms with E-state index in [0.29, 0.717) is 24.8 Å². The number of carbonyl (C=O) groups excluding carboxylic acids is 1. The molecule has 2 rings (SSSR count). The Balaban J connectivity index is 2.10. The van der Waals surface area contributed by atoms with Crippen molar-refractivity contribution in [2.45, 2.75) is 25.3 Å². The first-order valence-electron chi connectivity index (χ1n) is 6.05. The molecule has 1 aliphatic heterocycles. The summed E-state index contributed by atoms with van der Waals surface area (Å²) in [5, 5.41) is 3.01. The van der Waals surface area contributed by atoms with Crippen LogP contribution in [0, 0.1) is 6.92 Å². The second-order valence-electron chi connectivity index (χ2n) is 4.64. The van der Waals surface area contributed by atoms with Crippen LogP contribution >= 0.6 is 11.6 Å². The van der Waals surface area contributed by atoms with Gasteiger partial charge in [0, 0.05) is 24.8 Å². The summed E-state index contributed by atoms with van der Waals surface area (Å²) in [6, 6.07) is 5.40. The quantitative estimate of drug-likeness (QED) is 0.852. The summed E-state index contributed by atoms with van der Waals surface area (Å²) < 4.78 is 5.31. The maximum atomic E-state index is 12.2. The van der Waals surface area contributed by atoms with E-state index < -0.39 is 0 Å². The first-order chi connectivity index (χ1) is 8.65. The highest BCUT2D eigenvalue weighted by Crippen LogP contribution is 2.22. The lowest BCUT2D eigenvalue weighted by molar-refractivity contribution is 0.0432. The minimum absolute atomic E-state index is 0.166. The van der Waals surface area contributed by atoms with Gasteiger partial charge in [0.25, 0.3) is 5.91 Å². The highest BCUT2D eigenvalue weighted by molar-refractivity contribution is 6.19. The van der Waals surface area contributed by atoms with Crippen LogP contribution in [0.1, 0.15) is 29.0 Å². The van der Waals surface area contributed by atoms with Gasteiger partial charge in [-0.1, -0.05) is 6.07 Å². The van der Waals surface area contributed by atoms with E-state index in [2.05, 4.69) is 10.3 Å². The standard InChI is InChI=1S/C13H17ClN2O2/c1-10-3-2-4-11(15-10)12(17)16-13(9-14)5-7-18-8-6-13/h2-4H,5-9H2,1H3,(H,16,17). The molecule has 0 aliphatic carbocycles. The monoisotopic (exact) mass is 268 g/mol. The number of rotatable bonds is 3. The van der Waals surface area contributed by atoms with Gasteiger partial charge in [-0.2, -0.15) is 0 Å². The Kier molecular flexibility index (Phi) is 4.19. The van der Waals surface area contributed by atoms with Gasteiger partial charge in [0.2, 0.25) is 0 Å². The number of nitrogens with zero attached hydrogens (tertiary/aromatic N) is 1. The summed E-state index contributed by atoms with van der Waals surface area (Å²) in [4.78, 5) is 16.4. The summed E-state index contributed by atoms with van der Waals surface area (Å²) in [6.45, 7) is 3.13. The number of nitrogens with one attached hydrogen (secondary N) is 1. The van der Waals surface area contributed by atoms with Gasteiger partial charge in [-0.05, 0) is 31.9 Å². The largest absolute Gasteiger partial charge is 0.381 e. The second kappa shape index (κ2) is 5.67. The van der Waals surface area contributed by atoms with Gasteiger partial charge in [-0.3, -0.25) is 4.79 Å². The SMILES string of the molecule is Cc1cccc(C(=O)NC2(CCl)CCOCC2)n1. The van der Waals surface area contributed by atoms with Crippen molar-refractivity contribution in [3.8, 4) is 0 Å². The Morgan fingerprint density at radius 2 is 2.22 bits per heavy atom. The van der Waals surface area contributed by atoms with Crippen molar-refractivity contribution in [1.82, 2.24) is 10.3 Å². The predicted molar refractivity (Wildman–Crippen MR) is 69.9 cm³/mol. The molecule has 1 aliphatic rings. The van der Waals surface area contributed by atoms with Gasteiger partial charge in [-0.15, -0.1) is 11.6 Å². The third kappa shape index (κ3) is 3.00. The number of aryl methyl sites for hydroxylation is 1. The number of pyridine rings is 1. The predicted octanol–water partition coefficient (Wildman–Crippen LogP) is 1.91. The maximum Gasteiger partial charge on any atom is 0.270 e. The molecule has 0 aromatic carbocycles. The number of halogens is 1. The minimum Gasteiger partial charge on any atom is -0.381 e. The van der Waals surface area contributed by atoms with Crippen molar-refractivity contribution in [2.75, 3.05) is 19.1 Å². The first kappa shape index (κ1) is 13.3. The Morgan fingerprint density at radius 3 is 2.83 bits per heavy atom. The van der Waals surface area contributed by atoms with Crippen LogP contribution in [-0.4, -0.2) is 35.5 Å². The molecule has 0 spiro atoms. The Hall–Kier alpha value is -1.13. The van der Waals surface area contributed by atoms with Gasteiger partial charge in [-0.25, -0.2) is 4.98 Å². The van der Waals surface area contributed by atoms with E-state index in [0.717, 1.165) is 18.5 Å². The summed E-state index contributed by atoms with van der Waals surface area (Å²) >= 11 is 6.01. The number of ether oxygens (including phenoxy) is 1. The van der Waals surface area contributed by atoms with Crippen LogP contribution in [0.5, 0.6) is 0 Å². The molecule has 1 aromatic rings. The molecule has 2 heterocycles. The number of carbonyl (C=O) groups is 1. The molecule has 1 saturated heterocycles. The molecule has 0 radical (unpaired) electrons.